The number of hydrogen-bond donors (Lipinski definition) is 0. The molecule has 4 aromatic rings. The molecular formula is C44H43F7N6O4. The summed E-state index contributed by atoms with van der Waals surface area (Å²) in [6.07, 6.45) is -2.77. The second-order valence-corrected chi connectivity index (χ2v) is 17.2. The summed E-state index contributed by atoms with van der Waals surface area (Å²) in [4.78, 5) is 60.2. The minimum atomic E-state index is -4.86. The number of anilines is 2. The van der Waals surface area contributed by atoms with Gasteiger partial charge in [0.2, 0.25) is 11.8 Å². The summed E-state index contributed by atoms with van der Waals surface area (Å²) in [7, 11) is 1.40. The van der Waals surface area contributed by atoms with Crippen molar-refractivity contribution >= 4 is 23.2 Å². The average molecular weight is 853 g/mol. The SMILES string of the molecule is Cc1c2c(n(CCc3c4c(n(C)c(=O)c3F)CN(C(=O)CC3CN(c5ccc(F)c(C(F)(F)F)c5)C3)C4)c(=O)c1F)CN(C(=O)CC1CN(c3ccc(C4CC4)c(F)c3)C1)C2. The quantitative estimate of drug-likeness (QED) is 0.175. The van der Waals surface area contributed by atoms with Crippen molar-refractivity contribution in [2.75, 3.05) is 36.0 Å². The first-order valence-corrected chi connectivity index (χ1v) is 20.5. The van der Waals surface area contributed by atoms with E-state index in [1.807, 2.05) is 17.0 Å². The van der Waals surface area contributed by atoms with Gasteiger partial charge in [0.25, 0.3) is 11.1 Å². The predicted molar refractivity (Wildman–Crippen MR) is 210 cm³/mol. The Labute approximate surface area is 345 Å². The van der Waals surface area contributed by atoms with E-state index in [9.17, 15) is 41.1 Å². The van der Waals surface area contributed by atoms with E-state index in [0.29, 0.717) is 41.5 Å². The van der Waals surface area contributed by atoms with Gasteiger partial charge >= 0.3 is 6.18 Å². The maximum atomic E-state index is 15.8. The molecule has 0 radical (unpaired) electrons. The first-order chi connectivity index (χ1) is 29.0. The molecule has 6 heterocycles. The molecule has 2 aromatic heterocycles. The topological polar surface area (TPSA) is 91.1 Å². The lowest BCUT2D eigenvalue weighted by atomic mass is 9.94. The summed E-state index contributed by atoms with van der Waals surface area (Å²) in [5.74, 6) is -3.97. The van der Waals surface area contributed by atoms with Gasteiger partial charge in [-0.05, 0) is 84.7 Å². The lowest BCUT2D eigenvalue weighted by Gasteiger charge is -2.41. The number of nitrogens with zero attached hydrogens (tertiary/aromatic N) is 6. The van der Waals surface area contributed by atoms with Crippen molar-refractivity contribution in [1.29, 1.82) is 0 Å². The molecular weight excluding hydrogens is 810 g/mol. The first-order valence-electron chi connectivity index (χ1n) is 20.5. The van der Waals surface area contributed by atoms with Gasteiger partial charge < -0.3 is 28.7 Å². The molecule has 0 unspecified atom stereocenters. The normalized spacial score (nSPS) is 17.8. The van der Waals surface area contributed by atoms with E-state index in [4.69, 9.17) is 0 Å². The van der Waals surface area contributed by atoms with Crippen LogP contribution in [0.1, 0.15) is 76.4 Å². The number of alkyl halides is 3. The van der Waals surface area contributed by atoms with Gasteiger partial charge in [-0.3, -0.25) is 19.2 Å². The van der Waals surface area contributed by atoms with Crippen LogP contribution in [0.3, 0.4) is 0 Å². The van der Waals surface area contributed by atoms with Crippen molar-refractivity contribution in [3.8, 4) is 0 Å². The Morgan fingerprint density at radius 1 is 0.705 bits per heavy atom. The lowest BCUT2D eigenvalue weighted by Crippen LogP contribution is -2.48. The fourth-order valence-electron chi connectivity index (χ4n) is 9.47. The number of pyridine rings is 2. The molecule has 322 valence electrons. The van der Waals surface area contributed by atoms with Crippen molar-refractivity contribution in [2.24, 2.45) is 18.9 Å². The third-order valence-electron chi connectivity index (χ3n) is 13.3. The Kier molecular flexibility index (Phi) is 10.1. The summed E-state index contributed by atoms with van der Waals surface area (Å²) in [6.45, 7) is 3.07. The number of halogens is 7. The van der Waals surface area contributed by atoms with Gasteiger partial charge in [0.1, 0.15) is 11.6 Å². The molecule has 4 aliphatic heterocycles. The van der Waals surface area contributed by atoms with Gasteiger partial charge in [-0.15, -0.1) is 0 Å². The van der Waals surface area contributed by atoms with E-state index in [1.54, 1.807) is 15.9 Å². The largest absolute Gasteiger partial charge is 0.419 e. The molecule has 5 aliphatic rings. The minimum absolute atomic E-state index is 0.00385. The van der Waals surface area contributed by atoms with Crippen molar-refractivity contribution in [2.45, 2.75) is 83.8 Å². The smallest absolute Gasteiger partial charge is 0.371 e. The molecule has 0 spiro atoms. The first kappa shape index (κ1) is 40.8. The van der Waals surface area contributed by atoms with Crippen molar-refractivity contribution in [1.82, 2.24) is 18.9 Å². The van der Waals surface area contributed by atoms with Crippen LogP contribution in [0.4, 0.5) is 42.1 Å². The van der Waals surface area contributed by atoms with E-state index in [2.05, 4.69) is 0 Å². The van der Waals surface area contributed by atoms with E-state index in [0.717, 1.165) is 40.8 Å². The summed E-state index contributed by atoms with van der Waals surface area (Å²) in [6, 6.07) is 8.07. The van der Waals surface area contributed by atoms with E-state index < -0.39 is 40.3 Å². The molecule has 2 aromatic carbocycles. The standard InChI is InChI=1S/C44H43F7N6O4/c1-23-31-19-55(38(58)11-25-17-54(18-25)28-5-7-29(26-3-4-26)35(46)14-28)22-37(31)57(43(61)40(23)47)10-9-30-32-20-56(21-36(32)52(2)42(60)41(30)48)39(59)12-24-15-53(16-24)27-6-8-34(45)33(13-27)44(49,50)51/h5-8,13-14,24-26H,3-4,9-12,15-22H2,1-2H3. The number of aromatic nitrogens is 2. The van der Waals surface area contributed by atoms with Crippen molar-refractivity contribution in [3.63, 3.8) is 0 Å². The Hall–Kier alpha value is -5.61. The molecule has 0 N–H and O–H groups in total. The van der Waals surface area contributed by atoms with Gasteiger partial charge in [-0.2, -0.15) is 13.2 Å². The number of benzene rings is 2. The van der Waals surface area contributed by atoms with Crippen LogP contribution in [0.25, 0.3) is 0 Å². The summed E-state index contributed by atoms with van der Waals surface area (Å²) >= 11 is 0. The van der Waals surface area contributed by atoms with Crippen LogP contribution < -0.4 is 20.9 Å². The minimum Gasteiger partial charge on any atom is -0.371 e. The Bertz CT molecular complexity index is 2610. The second-order valence-electron chi connectivity index (χ2n) is 17.2. The Morgan fingerprint density at radius 3 is 1.87 bits per heavy atom. The highest BCUT2D eigenvalue weighted by atomic mass is 19.4. The highest BCUT2D eigenvalue weighted by Gasteiger charge is 2.39. The van der Waals surface area contributed by atoms with E-state index in [1.165, 1.54) is 29.5 Å². The van der Waals surface area contributed by atoms with Gasteiger partial charge in [0.05, 0.1) is 18.7 Å². The predicted octanol–water partition coefficient (Wildman–Crippen LogP) is 6.29. The second kappa shape index (κ2) is 15.1. The number of hydrogen-bond acceptors (Lipinski definition) is 6. The maximum Gasteiger partial charge on any atom is 0.419 e. The maximum absolute atomic E-state index is 15.8. The third kappa shape index (κ3) is 7.36. The fourth-order valence-corrected chi connectivity index (χ4v) is 9.47. The molecule has 1 aliphatic carbocycles. The number of fused-ring (bicyclic) bond motifs is 2. The van der Waals surface area contributed by atoms with Crippen molar-refractivity contribution in [3.05, 3.63) is 125 Å². The molecule has 1 saturated carbocycles. The molecule has 0 atom stereocenters. The Balaban J connectivity index is 0.846. The molecule has 17 heteroatoms. The van der Waals surface area contributed by atoms with Gasteiger partial charge in [0.15, 0.2) is 11.6 Å². The van der Waals surface area contributed by atoms with Crippen LogP contribution in [0.2, 0.25) is 0 Å². The molecule has 0 bridgehead atoms. The van der Waals surface area contributed by atoms with Crippen molar-refractivity contribution < 1.29 is 40.3 Å². The monoisotopic (exact) mass is 852 g/mol. The van der Waals surface area contributed by atoms with Crippen LogP contribution >= 0.6 is 0 Å². The number of amides is 2. The molecule has 9 rings (SSSR count). The van der Waals surface area contributed by atoms with E-state index >= 15 is 8.78 Å². The zero-order valence-electron chi connectivity index (χ0n) is 33.6. The molecule has 10 nitrogen and oxygen atoms in total. The number of rotatable bonds is 10. The zero-order valence-corrected chi connectivity index (χ0v) is 33.6. The molecule has 61 heavy (non-hydrogen) atoms. The van der Waals surface area contributed by atoms with Crippen LogP contribution in [0, 0.1) is 42.0 Å². The lowest BCUT2D eigenvalue weighted by molar-refractivity contribution is -0.140. The summed E-state index contributed by atoms with van der Waals surface area (Å²) < 4.78 is 102. The van der Waals surface area contributed by atoms with Crippen LogP contribution in [-0.2, 0) is 62.0 Å². The van der Waals surface area contributed by atoms with Gasteiger partial charge in [-0.1, -0.05) is 6.07 Å². The summed E-state index contributed by atoms with van der Waals surface area (Å²) in [5.41, 5.74) is 0.355. The van der Waals surface area contributed by atoms with Crippen LogP contribution in [-0.4, -0.2) is 56.9 Å². The number of carbonyl (C=O) groups excluding carboxylic acids is 2. The highest BCUT2D eigenvalue weighted by molar-refractivity contribution is 5.78. The third-order valence-corrected chi connectivity index (χ3v) is 13.3. The molecule has 3 fully saturated rings. The van der Waals surface area contributed by atoms with Gasteiger partial charge in [0, 0.05) is 106 Å². The molecule has 2 saturated heterocycles. The molecule has 2 amide bonds. The van der Waals surface area contributed by atoms with Gasteiger partial charge in [-0.25, -0.2) is 17.6 Å². The summed E-state index contributed by atoms with van der Waals surface area (Å²) in [5, 5.41) is 0. The Morgan fingerprint density at radius 2 is 1.28 bits per heavy atom. The van der Waals surface area contributed by atoms with Crippen LogP contribution in [0.5, 0.6) is 0 Å². The highest BCUT2D eigenvalue weighted by Crippen LogP contribution is 2.43. The number of carbonyl (C=O) groups is 2. The average Bonchev–Trinajstić information content (AvgIpc) is 3.76. The van der Waals surface area contributed by atoms with E-state index in [-0.39, 0.29) is 111 Å². The zero-order chi connectivity index (χ0) is 43.2. The van der Waals surface area contributed by atoms with Crippen LogP contribution in [0.15, 0.2) is 46.0 Å². The fraction of sp³-hybridized carbons (Fsp3) is 0.455.